The SMILES string of the molecule is CC(NC(=O)NCCCO)Oc1ccc(O)cc1. The fourth-order valence-electron chi connectivity index (χ4n) is 1.27. The van der Waals surface area contributed by atoms with E-state index in [4.69, 9.17) is 14.9 Å². The van der Waals surface area contributed by atoms with Gasteiger partial charge in [-0.15, -0.1) is 0 Å². The number of aliphatic hydroxyl groups excluding tert-OH is 1. The zero-order valence-electron chi connectivity index (χ0n) is 10.2. The lowest BCUT2D eigenvalue weighted by molar-refractivity contribution is 0.176. The number of rotatable bonds is 6. The van der Waals surface area contributed by atoms with Crippen LogP contribution in [0.5, 0.6) is 11.5 Å². The Balaban J connectivity index is 2.30. The number of carbonyl (C=O) groups excluding carboxylic acids is 1. The minimum Gasteiger partial charge on any atom is -0.508 e. The molecule has 0 fully saturated rings. The van der Waals surface area contributed by atoms with Crippen molar-refractivity contribution in [3.8, 4) is 11.5 Å². The summed E-state index contributed by atoms with van der Waals surface area (Å²) in [5, 5.41) is 22.8. The third-order valence-corrected chi connectivity index (χ3v) is 2.10. The highest BCUT2D eigenvalue weighted by Gasteiger charge is 2.07. The Morgan fingerprint density at radius 1 is 1.39 bits per heavy atom. The molecule has 0 aliphatic carbocycles. The number of benzene rings is 1. The molecule has 0 heterocycles. The van der Waals surface area contributed by atoms with Gasteiger partial charge in [0.15, 0.2) is 6.23 Å². The molecule has 18 heavy (non-hydrogen) atoms. The van der Waals surface area contributed by atoms with E-state index in [9.17, 15) is 4.79 Å². The van der Waals surface area contributed by atoms with Crippen molar-refractivity contribution in [2.75, 3.05) is 13.2 Å². The van der Waals surface area contributed by atoms with Crippen LogP contribution in [0.2, 0.25) is 0 Å². The molecule has 0 radical (unpaired) electrons. The molecule has 1 aromatic carbocycles. The number of urea groups is 1. The molecule has 0 bridgehead atoms. The summed E-state index contributed by atoms with van der Waals surface area (Å²) in [5.74, 6) is 0.709. The average Bonchev–Trinajstić information content (AvgIpc) is 2.32. The summed E-state index contributed by atoms with van der Waals surface area (Å²) < 4.78 is 5.41. The number of phenols is 1. The van der Waals surface area contributed by atoms with E-state index in [0.29, 0.717) is 18.7 Å². The van der Waals surface area contributed by atoms with Gasteiger partial charge in [-0.3, -0.25) is 0 Å². The highest BCUT2D eigenvalue weighted by Crippen LogP contribution is 2.16. The standard InChI is InChI=1S/C12H18N2O4/c1-9(14-12(17)13-7-2-8-15)18-11-5-3-10(16)4-6-11/h3-6,9,15-16H,2,7-8H2,1H3,(H2,13,14,17). The smallest absolute Gasteiger partial charge is 0.317 e. The number of amides is 2. The van der Waals surface area contributed by atoms with E-state index in [1.54, 1.807) is 19.1 Å². The first-order chi connectivity index (χ1) is 8.61. The van der Waals surface area contributed by atoms with Crippen molar-refractivity contribution >= 4 is 6.03 Å². The van der Waals surface area contributed by atoms with E-state index in [2.05, 4.69) is 10.6 Å². The fourth-order valence-corrected chi connectivity index (χ4v) is 1.27. The molecule has 100 valence electrons. The lowest BCUT2D eigenvalue weighted by atomic mass is 10.3. The van der Waals surface area contributed by atoms with Gasteiger partial charge < -0.3 is 25.6 Å². The number of carbonyl (C=O) groups is 1. The van der Waals surface area contributed by atoms with Gasteiger partial charge >= 0.3 is 6.03 Å². The van der Waals surface area contributed by atoms with Crippen molar-refractivity contribution in [2.24, 2.45) is 0 Å². The number of ether oxygens (including phenoxy) is 1. The number of hydrogen-bond acceptors (Lipinski definition) is 4. The molecule has 4 N–H and O–H groups in total. The van der Waals surface area contributed by atoms with Crippen molar-refractivity contribution < 1.29 is 19.7 Å². The highest BCUT2D eigenvalue weighted by atomic mass is 16.5. The molecule has 1 atom stereocenters. The quantitative estimate of drug-likeness (QED) is 0.446. The fraction of sp³-hybridized carbons (Fsp3) is 0.417. The van der Waals surface area contributed by atoms with Crippen molar-refractivity contribution in [3.05, 3.63) is 24.3 Å². The highest BCUT2D eigenvalue weighted by molar-refractivity contribution is 5.73. The summed E-state index contributed by atoms with van der Waals surface area (Å²) in [6.45, 7) is 2.15. The van der Waals surface area contributed by atoms with Crippen molar-refractivity contribution in [1.82, 2.24) is 10.6 Å². The van der Waals surface area contributed by atoms with Crippen LogP contribution in [-0.2, 0) is 0 Å². The number of aromatic hydroxyl groups is 1. The summed E-state index contributed by atoms with van der Waals surface area (Å²) in [7, 11) is 0. The summed E-state index contributed by atoms with van der Waals surface area (Å²) in [6, 6.07) is 5.87. The van der Waals surface area contributed by atoms with Gasteiger partial charge in [0.1, 0.15) is 11.5 Å². The lowest BCUT2D eigenvalue weighted by Crippen LogP contribution is -2.43. The van der Waals surface area contributed by atoms with Crippen molar-refractivity contribution in [1.29, 1.82) is 0 Å². The van der Waals surface area contributed by atoms with Gasteiger partial charge in [-0.2, -0.15) is 0 Å². The number of phenolic OH excluding ortho intramolecular Hbond substituents is 1. The first-order valence-electron chi connectivity index (χ1n) is 5.72. The van der Waals surface area contributed by atoms with Crippen LogP contribution in [-0.4, -0.2) is 35.6 Å². The molecule has 1 aromatic rings. The van der Waals surface area contributed by atoms with Gasteiger partial charge in [-0.05, 0) is 37.6 Å². The van der Waals surface area contributed by atoms with Crippen molar-refractivity contribution in [2.45, 2.75) is 19.6 Å². The van der Waals surface area contributed by atoms with Gasteiger partial charge in [-0.1, -0.05) is 0 Å². The van der Waals surface area contributed by atoms with E-state index in [-0.39, 0.29) is 18.4 Å². The zero-order valence-corrected chi connectivity index (χ0v) is 10.2. The number of hydrogen-bond donors (Lipinski definition) is 4. The van der Waals surface area contributed by atoms with Crippen LogP contribution in [0.4, 0.5) is 4.79 Å². The van der Waals surface area contributed by atoms with Crippen molar-refractivity contribution in [3.63, 3.8) is 0 Å². The summed E-state index contributed by atoms with van der Waals surface area (Å²) in [6.07, 6.45) is 0.0179. The van der Waals surface area contributed by atoms with E-state index < -0.39 is 6.23 Å². The Kier molecular flexibility index (Phi) is 5.79. The minimum atomic E-state index is -0.497. The number of aliphatic hydroxyl groups is 1. The maximum atomic E-state index is 11.3. The van der Waals surface area contributed by atoms with Gasteiger partial charge in [0.25, 0.3) is 0 Å². The second-order valence-electron chi connectivity index (χ2n) is 3.73. The Morgan fingerprint density at radius 2 is 2.06 bits per heavy atom. The van der Waals surface area contributed by atoms with E-state index in [1.807, 2.05) is 0 Å². The molecule has 0 spiro atoms. The minimum absolute atomic E-state index is 0.0415. The van der Waals surface area contributed by atoms with Crippen LogP contribution < -0.4 is 15.4 Å². The van der Waals surface area contributed by atoms with E-state index >= 15 is 0 Å². The third-order valence-electron chi connectivity index (χ3n) is 2.10. The Bertz CT molecular complexity index is 367. The van der Waals surface area contributed by atoms with Gasteiger partial charge in [0.05, 0.1) is 0 Å². The zero-order chi connectivity index (χ0) is 13.4. The first kappa shape index (κ1) is 14.1. The first-order valence-corrected chi connectivity index (χ1v) is 5.72. The average molecular weight is 254 g/mol. The lowest BCUT2D eigenvalue weighted by Gasteiger charge is -2.16. The molecule has 0 aliphatic heterocycles. The van der Waals surface area contributed by atoms with Gasteiger partial charge in [0, 0.05) is 13.2 Å². The normalized spacial score (nSPS) is 11.7. The van der Waals surface area contributed by atoms with Crippen LogP contribution in [0.3, 0.4) is 0 Å². The van der Waals surface area contributed by atoms with Crippen LogP contribution in [0.25, 0.3) is 0 Å². The molecule has 2 amide bonds. The summed E-state index contributed by atoms with van der Waals surface area (Å²) in [4.78, 5) is 11.3. The molecular formula is C12H18N2O4. The molecule has 6 heteroatoms. The molecule has 0 aliphatic rings. The molecule has 0 saturated heterocycles. The third kappa shape index (κ3) is 5.40. The topological polar surface area (TPSA) is 90.8 Å². The van der Waals surface area contributed by atoms with E-state index in [1.165, 1.54) is 12.1 Å². The molecular weight excluding hydrogens is 236 g/mol. The molecule has 0 saturated carbocycles. The van der Waals surface area contributed by atoms with Crippen LogP contribution >= 0.6 is 0 Å². The van der Waals surface area contributed by atoms with Gasteiger partial charge in [0.2, 0.25) is 0 Å². The predicted molar refractivity (Wildman–Crippen MR) is 66.4 cm³/mol. The molecule has 1 unspecified atom stereocenters. The molecule has 6 nitrogen and oxygen atoms in total. The van der Waals surface area contributed by atoms with E-state index in [0.717, 1.165) is 0 Å². The Hall–Kier alpha value is -1.95. The largest absolute Gasteiger partial charge is 0.508 e. The molecule has 1 rings (SSSR count). The Labute approximate surface area is 106 Å². The maximum Gasteiger partial charge on any atom is 0.317 e. The monoisotopic (exact) mass is 254 g/mol. The molecule has 0 aromatic heterocycles. The summed E-state index contributed by atoms with van der Waals surface area (Å²) >= 11 is 0. The van der Waals surface area contributed by atoms with Crippen LogP contribution in [0.15, 0.2) is 24.3 Å². The Morgan fingerprint density at radius 3 is 2.67 bits per heavy atom. The second-order valence-corrected chi connectivity index (χ2v) is 3.73. The summed E-state index contributed by atoms with van der Waals surface area (Å²) in [5.41, 5.74) is 0. The van der Waals surface area contributed by atoms with Crippen LogP contribution in [0, 0.1) is 0 Å². The number of nitrogens with one attached hydrogen (secondary N) is 2. The van der Waals surface area contributed by atoms with Crippen LogP contribution in [0.1, 0.15) is 13.3 Å². The predicted octanol–water partition coefficient (Wildman–Crippen LogP) is 0.799. The van der Waals surface area contributed by atoms with Gasteiger partial charge in [-0.25, -0.2) is 4.79 Å². The second kappa shape index (κ2) is 7.39. The maximum absolute atomic E-state index is 11.3.